The first kappa shape index (κ1) is 22.3. The average Bonchev–Trinajstić information content (AvgIpc) is 2.82. The van der Waals surface area contributed by atoms with Gasteiger partial charge in [-0.1, -0.05) is 42.0 Å². The number of hydrogen-bond acceptors (Lipinski definition) is 5. The normalized spacial score (nSPS) is 12.8. The van der Waals surface area contributed by atoms with Crippen LogP contribution in [0.15, 0.2) is 66.9 Å². The predicted octanol–water partition coefficient (Wildman–Crippen LogP) is 4.55. The maximum absolute atomic E-state index is 13.1. The van der Waals surface area contributed by atoms with E-state index in [1.807, 2.05) is 24.3 Å². The van der Waals surface area contributed by atoms with E-state index in [0.29, 0.717) is 25.4 Å². The molecule has 7 heteroatoms. The molecule has 0 spiro atoms. The number of anilines is 3. The second-order valence-electron chi connectivity index (χ2n) is 8.01. The Bertz CT molecular complexity index is 1110. The number of nitrogens with one attached hydrogen (secondary N) is 1. The minimum absolute atomic E-state index is 0.211. The molecular weight excluding hydrogens is 416 g/mol. The first-order chi connectivity index (χ1) is 16.0. The Morgan fingerprint density at radius 3 is 2.45 bits per heavy atom. The smallest absolute Gasteiger partial charge is 0.326 e. The van der Waals surface area contributed by atoms with Crippen molar-refractivity contribution in [2.24, 2.45) is 0 Å². The van der Waals surface area contributed by atoms with Crippen LogP contribution in [0.5, 0.6) is 0 Å². The number of carbonyl (C=O) groups excluding carboxylic acids is 2. The Hall–Kier alpha value is -3.87. The van der Waals surface area contributed by atoms with Crippen LogP contribution in [0.4, 0.5) is 22.0 Å². The third-order valence-corrected chi connectivity index (χ3v) is 5.55. The van der Waals surface area contributed by atoms with Gasteiger partial charge in [-0.15, -0.1) is 0 Å². The van der Waals surface area contributed by atoms with Crippen molar-refractivity contribution in [2.75, 3.05) is 34.8 Å². The summed E-state index contributed by atoms with van der Waals surface area (Å²) < 4.78 is 4.98. The van der Waals surface area contributed by atoms with Gasteiger partial charge in [0, 0.05) is 31.5 Å². The van der Waals surface area contributed by atoms with Gasteiger partial charge in [-0.2, -0.15) is 0 Å². The summed E-state index contributed by atoms with van der Waals surface area (Å²) in [5, 5.41) is 2.95. The largest absolute Gasteiger partial charge is 0.466 e. The number of nitrogens with zero attached hydrogens (tertiary/aromatic N) is 3. The minimum Gasteiger partial charge on any atom is -0.466 e. The van der Waals surface area contributed by atoms with Crippen molar-refractivity contribution in [3.8, 4) is 0 Å². The maximum atomic E-state index is 13.1. The molecule has 2 heterocycles. The average molecular weight is 445 g/mol. The number of amides is 2. The van der Waals surface area contributed by atoms with Crippen molar-refractivity contribution in [1.82, 2.24) is 4.98 Å². The van der Waals surface area contributed by atoms with Crippen molar-refractivity contribution in [3.05, 3.63) is 83.6 Å². The summed E-state index contributed by atoms with van der Waals surface area (Å²) in [7, 11) is 0. The Morgan fingerprint density at radius 2 is 1.73 bits per heavy atom. The molecule has 0 bridgehead atoms. The summed E-state index contributed by atoms with van der Waals surface area (Å²) in [6, 6.07) is 19.3. The molecule has 170 valence electrons. The van der Waals surface area contributed by atoms with Gasteiger partial charge in [0.05, 0.1) is 18.7 Å². The monoisotopic (exact) mass is 444 g/mol. The summed E-state index contributed by atoms with van der Waals surface area (Å²) >= 11 is 0. The number of benzene rings is 2. The van der Waals surface area contributed by atoms with Gasteiger partial charge in [0.1, 0.15) is 0 Å². The topological polar surface area (TPSA) is 74.8 Å². The molecule has 1 N–H and O–H groups in total. The molecule has 4 rings (SSSR count). The van der Waals surface area contributed by atoms with Crippen LogP contribution in [0.3, 0.4) is 0 Å². The van der Waals surface area contributed by atoms with Crippen LogP contribution in [-0.4, -0.2) is 36.7 Å². The van der Waals surface area contributed by atoms with Crippen LogP contribution >= 0.6 is 0 Å². The molecule has 2 aromatic carbocycles. The van der Waals surface area contributed by atoms with Gasteiger partial charge >= 0.3 is 12.0 Å². The lowest BCUT2D eigenvalue weighted by Crippen LogP contribution is -2.46. The van der Waals surface area contributed by atoms with Crippen molar-refractivity contribution in [1.29, 1.82) is 0 Å². The molecule has 1 aliphatic rings. The van der Waals surface area contributed by atoms with Gasteiger partial charge < -0.3 is 15.0 Å². The zero-order valence-electron chi connectivity index (χ0n) is 19.0. The molecule has 3 aromatic rings. The second kappa shape index (κ2) is 10.2. The minimum atomic E-state index is -0.262. The van der Waals surface area contributed by atoms with E-state index in [1.54, 1.807) is 30.2 Å². The number of aryl methyl sites for hydroxylation is 1. The zero-order chi connectivity index (χ0) is 23.2. The number of rotatable bonds is 6. The number of ether oxygens (including phenoxy) is 1. The fraction of sp³-hybridized carbons (Fsp3) is 0.269. The van der Waals surface area contributed by atoms with Gasteiger partial charge in [-0.25, -0.2) is 9.78 Å². The number of esters is 1. The fourth-order valence-corrected chi connectivity index (χ4v) is 3.84. The Morgan fingerprint density at radius 1 is 1.00 bits per heavy atom. The third-order valence-electron chi connectivity index (χ3n) is 5.55. The molecule has 33 heavy (non-hydrogen) atoms. The summed E-state index contributed by atoms with van der Waals surface area (Å²) in [5.74, 6) is 0.533. The Balaban J connectivity index is 1.44. The second-order valence-corrected chi connectivity index (χ2v) is 8.01. The number of urea groups is 1. The number of fused-ring (bicyclic) bond motifs is 1. The first-order valence-electron chi connectivity index (χ1n) is 11.1. The van der Waals surface area contributed by atoms with Crippen molar-refractivity contribution in [2.45, 2.75) is 26.8 Å². The molecule has 0 aliphatic carbocycles. The summed E-state index contributed by atoms with van der Waals surface area (Å²) in [4.78, 5) is 33.2. The summed E-state index contributed by atoms with van der Waals surface area (Å²) in [5.41, 5.74) is 4.73. The summed E-state index contributed by atoms with van der Waals surface area (Å²) in [6.45, 7) is 6.20. The number of hydrogen-bond donors (Lipinski definition) is 1. The third kappa shape index (κ3) is 5.49. The number of carbonyl (C=O) groups is 2. The lowest BCUT2D eigenvalue weighted by Gasteiger charge is -2.36. The van der Waals surface area contributed by atoms with E-state index in [9.17, 15) is 9.59 Å². The molecule has 0 saturated carbocycles. The maximum Gasteiger partial charge on any atom is 0.326 e. The number of pyridine rings is 1. The molecule has 1 aromatic heterocycles. The molecule has 0 fully saturated rings. The van der Waals surface area contributed by atoms with E-state index in [0.717, 1.165) is 23.6 Å². The van der Waals surface area contributed by atoms with E-state index in [4.69, 9.17) is 4.74 Å². The van der Waals surface area contributed by atoms with Crippen LogP contribution in [0.2, 0.25) is 0 Å². The van der Waals surface area contributed by atoms with Crippen LogP contribution in [0.25, 0.3) is 0 Å². The van der Waals surface area contributed by atoms with Crippen LogP contribution in [-0.2, 0) is 22.5 Å². The van der Waals surface area contributed by atoms with Gasteiger partial charge in [-0.3, -0.25) is 9.69 Å². The van der Waals surface area contributed by atoms with Gasteiger partial charge in [0.15, 0.2) is 5.82 Å². The van der Waals surface area contributed by atoms with Gasteiger partial charge in [0.2, 0.25) is 0 Å². The van der Waals surface area contributed by atoms with Crippen molar-refractivity contribution < 1.29 is 14.3 Å². The van der Waals surface area contributed by atoms with Crippen molar-refractivity contribution >= 4 is 29.2 Å². The first-order valence-corrected chi connectivity index (χ1v) is 11.1. The highest BCUT2D eigenvalue weighted by molar-refractivity contribution is 6.04. The lowest BCUT2D eigenvalue weighted by molar-refractivity contribution is -0.142. The van der Waals surface area contributed by atoms with Gasteiger partial charge in [-0.05, 0) is 49.2 Å². The highest BCUT2D eigenvalue weighted by atomic mass is 16.5. The van der Waals surface area contributed by atoms with E-state index in [2.05, 4.69) is 46.4 Å². The van der Waals surface area contributed by atoms with E-state index >= 15 is 0 Å². The van der Waals surface area contributed by atoms with Crippen LogP contribution < -0.4 is 15.1 Å². The zero-order valence-corrected chi connectivity index (χ0v) is 19.0. The molecule has 2 amide bonds. The molecule has 0 atom stereocenters. The Kier molecular flexibility index (Phi) is 6.88. The Labute approximate surface area is 194 Å². The number of aromatic nitrogens is 1. The van der Waals surface area contributed by atoms with E-state index in [1.165, 1.54) is 11.1 Å². The molecule has 0 unspecified atom stereocenters. The fourth-order valence-electron chi connectivity index (χ4n) is 3.84. The predicted molar refractivity (Wildman–Crippen MR) is 130 cm³/mol. The van der Waals surface area contributed by atoms with E-state index in [-0.39, 0.29) is 18.4 Å². The SMILES string of the molecule is CCOC(=O)Cc1ccc(NC(=O)N2CCN(Cc3ccc(C)cc3)c3ncccc32)cc1. The van der Waals surface area contributed by atoms with Gasteiger partial charge in [0.25, 0.3) is 0 Å². The van der Waals surface area contributed by atoms with Crippen molar-refractivity contribution in [3.63, 3.8) is 0 Å². The molecule has 0 radical (unpaired) electrons. The van der Waals surface area contributed by atoms with Crippen LogP contribution in [0.1, 0.15) is 23.6 Å². The highest BCUT2D eigenvalue weighted by Gasteiger charge is 2.28. The molecule has 7 nitrogen and oxygen atoms in total. The summed E-state index contributed by atoms with van der Waals surface area (Å²) in [6.07, 6.45) is 1.97. The molecule has 0 saturated heterocycles. The molecular formula is C26H28N4O3. The standard InChI is InChI=1S/C26H28N4O3/c1-3-33-24(31)17-20-10-12-22(13-11-20)28-26(32)30-16-15-29(25-23(30)5-4-14-27-25)18-21-8-6-19(2)7-9-21/h4-14H,3,15-18H2,1-2H3,(H,28,32). The quantitative estimate of drug-likeness (QED) is 0.565. The van der Waals surface area contributed by atoms with Crippen LogP contribution in [0, 0.1) is 6.92 Å². The van der Waals surface area contributed by atoms with E-state index < -0.39 is 0 Å². The molecule has 1 aliphatic heterocycles. The lowest BCUT2D eigenvalue weighted by atomic mass is 10.1. The highest BCUT2D eigenvalue weighted by Crippen LogP contribution is 2.32.